The molecule has 0 unspecified atom stereocenters. The minimum atomic E-state index is 0.0347. The van der Waals surface area contributed by atoms with Gasteiger partial charge < -0.3 is 4.90 Å². The highest BCUT2D eigenvalue weighted by Gasteiger charge is 2.30. The largest absolute Gasteiger partial charge is 0.332 e. The van der Waals surface area contributed by atoms with Crippen molar-refractivity contribution in [3.8, 4) is 0 Å². The summed E-state index contributed by atoms with van der Waals surface area (Å²) in [7, 11) is 0. The van der Waals surface area contributed by atoms with E-state index >= 15 is 0 Å². The Balaban J connectivity index is 1.67. The smallest absolute Gasteiger partial charge is 0.255 e. The molecule has 4 rings (SSSR count). The number of benzene rings is 1. The predicted molar refractivity (Wildman–Crippen MR) is 92.2 cm³/mol. The molecular weight excluding hydrogens is 324 g/mol. The highest BCUT2D eigenvalue weighted by atomic mass is 35.5. The lowest BCUT2D eigenvalue weighted by atomic mass is 10.0. The Morgan fingerprint density at radius 3 is 2.96 bits per heavy atom. The second kappa shape index (κ2) is 5.91. The summed E-state index contributed by atoms with van der Waals surface area (Å²) in [5, 5.41) is 8.80. The van der Waals surface area contributed by atoms with Gasteiger partial charge in [-0.05, 0) is 49.6 Å². The Labute approximate surface area is 144 Å². The zero-order valence-electron chi connectivity index (χ0n) is 13.3. The molecule has 1 fully saturated rings. The van der Waals surface area contributed by atoms with E-state index in [-0.39, 0.29) is 11.9 Å². The second-order valence-corrected chi connectivity index (χ2v) is 6.54. The standard InChI is InChI=1S/C18H17ClN4O/c1-12-20-21-17-8-7-14(11-23(12)17)18(24)22-9-3-6-16(22)13-4-2-5-15(19)10-13/h2,4-5,7-8,10-11,16H,3,6,9H2,1H3/t16-/m0/s1. The van der Waals surface area contributed by atoms with Crippen LogP contribution in [-0.2, 0) is 0 Å². The predicted octanol–water partition coefficient (Wildman–Crippen LogP) is 3.67. The Hall–Kier alpha value is -2.40. The van der Waals surface area contributed by atoms with Gasteiger partial charge in [0.25, 0.3) is 5.91 Å². The third-order valence-corrected chi connectivity index (χ3v) is 4.80. The van der Waals surface area contributed by atoms with Crippen molar-refractivity contribution in [3.63, 3.8) is 0 Å². The fourth-order valence-corrected chi connectivity index (χ4v) is 3.57. The van der Waals surface area contributed by atoms with Crippen molar-refractivity contribution in [2.45, 2.75) is 25.8 Å². The van der Waals surface area contributed by atoms with E-state index in [1.54, 1.807) is 0 Å². The summed E-state index contributed by atoms with van der Waals surface area (Å²) < 4.78 is 1.84. The quantitative estimate of drug-likeness (QED) is 0.715. The maximum Gasteiger partial charge on any atom is 0.255 e. The molecule has 0 aliphatic carbocycles. The van der Waals surface area contributed by atoms with Gasteiger partial charge in [0.2, 0.25) is 0 Å². The van der Waals surface area contributed by atoms with Crippen molar-refractivity contribution in [2.75, 3.05) is 6.54 Å². The summed E-state index contributed by atoms with van der Waals surface area (Å²) in [4.78, 5) is 15.0. The van der Waals surface area contributed by atoms with Gasteiger partial charge in [-0.25, -0.2) is 0 Å². The first-order valence-electron chi connectivity index (χ1n) is 8.01. The molecule has 0 bridgehead atoms. The summed E-state index contributed by atoms with van der Waals surface area (Å²) >= 11 is 6.12. The van der Waals surface area contributed by atoms with Crippen molar-refractivity contribution >= 4 is 23.2 Å². The van der Waals surface area contributed by atoms with E-state index in [2.05, 4.69) is 10.2 Å². The number of likely N-dealkylation sites (tertiary alicyclic amines) is 1. The number of hydrogen-bond acceptors (Lipinski definition) is 3. The van der Waals surface area contributed by atoms with E-state index in [0.717, 1.165) is 36.4 Å². The van der Waals surface area contributed by atoms with E-state index in [4.69, 9.17) is 11.6 Å². The minimum Gasteiger partial charge on any atom is -0.332 e. The molecule has 2 aromatic heterocycles. The lowest BCUT2D eigenvalue weighted by Gasteiger charge is -2.25. The molecule has 1 aliphatic heterocycles. The van der Waals surface area contributed by atoms with Crippen molar-refractivity contribution < 1.29 is 4.79 Å². The highest BCUT2D eigenvalue weighted by molar-refractivity contribution is 6.30. The van der Waals surface area contributed by atoms with Gasteiger partial charge in [0.05, 0.1) is 11.6 Å². The van der Waals surface area contributed by atoms with Gasteiger partial charge in [-0.1, -0.05) is 23.7 Å². The van der Waals surface area contributed by atoms with Gasteiger partial charge in [0, 0.05) is 17.8 Å². The van der Waals surface area contributed by atoms with Gasteiger partial charge in [-0.3, -0.25) is 9.20 Å². The number of hydrogen-bond donors (Lipinski definition) is 0. The average Bonchev–Trinajstić information content (AvgIpc) is 3.21. The monoisotopic (exact) mass is 340 g/mol. The van der Waals surface area contributed by atoms with Crippen molar-refractivity contribution in [1.82, 2.24) is 19.5 Å². The van der Waals surface area contributed by atoms with Crippen LogP contribution in [0.5, 0.6) is 0 Å². The van der Waals surface area contributed by atoms with Crippen LogP contribution < -0.4 is 0 Å². The van der Waals surface area contributed by atoms with Gasteiger partial charge >= 0.3 is 0 Å². The number of nitrogens with zero attached hydrogens (tertiary/aromatic N) is 4. The van der Waals surface area contributed by atoms with Crippen LogP contribution in [0.3, 0.4) is 0 Å². The van der Waals surface area contributed by atoms with Crippen LogP contribution in [0.4, 0.5) is 0 Å². The molecule has 0 spiro atoms. The third-order valence-electron chi connectivity index (χ3n) is 4.57. The SMILES string of the molecule is Cc1nnc2ccc(C(=O)N3CCC[C@H]3c3cccc(Cl)c3)cn12. The van der Waals surface area contributed by atoms with Crippen LogP contribution >= 0.6 is 11.6 Å². The molecule has 0 N–H and O–H groups in total. The molecule has 1 atom stereocenters. The van der Waals surface area contributed by atoms with Crippen molar-refractivity contribution in [2.24, 2.45) is 0 Å². The molecule has 6 heteroatoms. The molecule has 0 saturated carbocycles. The fraction of sp³-hybridized carbons (Fsp3) is 0.278. The summed E-state index contributed by atoms with van der Waals surface area (Å²) in [5.74, 6) is 0.805. The number of carbonyl (C=O) groups is 1. The Kier molecular flexibility index (Phi) is 3.73. The molecule has 3 aromatic rings. The summed E-state index contributed by atoms with van der Waals surface area (Å²) in [6.45, 7) is 2.63. The van der Waals surface area contributed by atoms with Gasteiger partial charge in [0.15, 0.2) is 5.65 Å². The number of aryl methyl sites for hydroxylation is 1. The lowest BCUT2D eigenvalue weighted by Crippen LogP contribution is -2.30. The summed E-state index contributed by atoms with van der Waals surface area (Å²) in [5.41, 5.74) is 2.49. The van der Waals surface area contributed by atoms with Gasteiger partial charge in [-0.2, -0.15) is 0 Å². The maximum atomic E-state index is 13.0. The first-order chi connectivity index (χ1) is 11.6. The fourth-order valence-electron chi connectivity index (χ4n) is 3.37. The lowest BCUT2D eigenvalue weighted by molar-refractivity contribution is 0.0735. The number of pyridine rings is 1. The first kappa shape index (κ1) is 15.1. The second-order valence-electron chi connectivity index (χ2n) is 6.10. The number of carbonyl (C=O) groups excluding carboxylic acids is 1. The number of rotatable bonds is 2. The molecule has 1 aliphatic rings. The topological polar surface area (TPSA) is 50.5 Å². The van der Waals surface area contributed by atoms with Crippen LogP contribution in [0.1, 0.15) is 40.6 Å². The van der Waals surface area contributed by atoms with Crippen molar-refractivity contribution in [1.29, 1.82) is 0 Å². The first-order valence-corrected chi connectivity index (χ1v) is 8.39. The Morgan fingerprint density at radius 2 is 2.12 bits per heavy atom. The molecule has 3 heterocycles. The Bertz CT molecular complexity index is 920. The molecular formula is C18H17ClN4O. The van der Waals surface area contributed by atoms with Crippen LogP contribution in [0.2, 0.25) is 5.02 Å². The van der Waals surface area contributed by atoms with E-state index in [1.807, 2.05) is 58.8 Å². The molecule has 24 heavy (non-hydrogen) atoms. The van der Waals surface area contributed by atoms with E-state index in [9.17, 15) is 4.79 Å². The van der Waals surface area contributed by atoms with Crippen LogP contribution in [0.25, 0.3) is 5.65 Å². The zero-order valence-corrected chi connectivity index (χ0v) is 14.1. The zero-order chi connectivity index (χ0) is 16.7. The van der Waals surface area contributed by atoms with E-state index < -0.39 is 0 Å². The normalized spacial score (nSPS) is 17.6. The van der Waals surface area contributed by atoms with Crippen LogP contribution in [-0.4, -0.2) is 31.9 Å². The highest BCUT2D eigenvalue weighted by Crippen LogP contribution is 2.34. The average molecular weight is 341 g/mol. The summed E-state index contributed by atoms with van der Waals surface area (Å²) in [6, 6.07) is 11.5. The minimum absolute atomic E-state index is 0.0347. The molecule has 0 radical (unpaired) electrons. The van der Waals surface area contributed by atoms with Gasteiger partial charge in [0.1, 0.15) is 5.82 Å². The molecule has 5 nitrogen and oxygen atoms in total. The Morgan fingerprint density at radius 1 is 1.25 bits per heavy atom. The number of amides is 1. The number of fused-ring (bicyclic) bond motifs is 1. The molecule has 1 amide bonds. The van der Waals surface area contributed by atoms with Crippen LogP contribution in [0.15, 0.2) is 42.6 Å². The summed E-state index contributed by atoms with van der Waals surface area (Å²) in [6.07, 6.45) is 3.77. The van der Waals surface area contributed by atoms with E-state index in [1.165, 1.54) is 0 Å². The van der Waals surface area contributed by atoms with Gasteiger partial charge in [-0.15, -0.1) is 10.2 Å². The number of aromatic nitrogens is 3. The molecule has 122 valence electrons. The molecule has 1 saturated heterocycles. The molecule has 1 aromatic carbocycles. The third kappa shape index (κ3) is 2.55. The van der Waals surface area contributed by atoms with Crippen LogP contribution in [0, 0.1) is 6.92 Å². The maximum absolute atomic E-state index is 13.0. The number of halogens is 1. The van der Waals surface area contributed by atoms with Crippen molar-refractivity contribution in [3.05, 3.63) is 64.6 Å². The van der Waals surface area contributed by atoms with E-state index in [0.29, 0.717) is 10.6 Å².